The fourth-order valence-corrected chi connectivity index (χ4v) is 1.92. The van der Waals surface area contributed by atoms with E-state index in [2.05, 4.69) is 64.2 Å². The molecular formula is C15H26N2. The third kappa shape index (κ3) is 4.14. The van der Waals surface area contributed by atoms with Crippen molar-refractivity contribution in [3.63, 3.8) is 0 Å². The summed E-state index contributed by atoms with van der Waals surface area (Å²) in [5.41, 5.74) is 8.66. The summed E-state index contributed by atoms with van der Waals surface area (Å²) in [5.74, 6) is 0. The predicted octanol–water partition coefficient (Wildman–Crippen LogP) is 2.98. The summed E-state index contributed by atoms with van der Waals surface area (Å²) in [7, 11) is 0. The van der Waals surface area contributed by atoms with Crippen molar-refractivity contribution in [2.24, 2.45) is 5.73 Å². The summed E-state index contributed by atoms with van der Waals surface area (Å²) in [4.78, 5) is 0. The molecule has 0 saturated heterocycles. The van der Waals surface area contributed by atoms with E-state index < -0.39 is 0 Å². The van der Waals surface area contributed by atoms with Crippen LogP contribution in [0.25, 0.3) is 0 Å². The second-order valence-corrected chi connectivity index (χ2v) is 5.98. The molecule has 0 aliphatic carbocycles. The van der Waals surface area contributed by atoms with Crippen LogP contribution in [0.4, 0.5) is 0 Å². The van der Waals surface area contributed by atoms with Gasteiger partial charge in [-0.2, -0.15) is 0 Å². The van der Waals surface area contributed by atoms with Gasteiger partial charge in [0.1, 0.15) is 0 Å². The van der Waals surface area contributed by atoms with Crippen LogP contribution in [-0.4, -0.2) is 12.6 Å². The molecule has 0 bridgehead atoms. The summed E-state index contributed by atoms with van der Waals surface area (Å²) in [6.45, 7) is 11.6. The zero-order chi connectivity index (χ0) is 13.1. The minimum atomic E-state index is 0.211. The van der Waals surface area contributed by atoms with Gasteiger partial charge in [-0.3, -0.25) is 0 Å². The van der Waals surface area contributed by atoms with Gasteiger partial charge < -0.3 is 11.1 Å². The predicted molar refractivity (Wildman–Crippen MR) is 75.2 cm³/mol. The lowest BCUT2D eigenvalue weighted by molar-refractivity contribution is 0.483. The van der Waals surface area contributed by atoms with Crippen molar-refractivity contribution in [1.82, 2.24) is 5.32 Å². The minimum absolute atomic E-state index is 0.211. The Morgan fingerprint density at radius 1 is 1.12 bits per heavy atom. The molecule has 0 aliphatic heterocycles. The van der Waals surface area contributed by atoms with E-state index in [0.717, 1.165) is 0 Å². The van der Waals surface area contributed by atoms with Crippen LogP contribution in [0.15, 0.2) is 24.3 Å². The molecule has 0 radical (unpaired) electrons. The second-order valence-electron chi connectivity index (χ2n) is 5.98. The molecule has 0 aromatic heterocycles. The Kier molecular flexibility index (Phi) is 4.72. The van der Waals surface area contributed by atoms with Crippen molar-refractivity contribution in [3.05, 3.63) is 35.4 Å². The third-order valence-electron chi connectivity index (χ3n) is 2.95. The Morgan fingerprint density at radius 3 is 2.00 bits per heavy atom. The summed E-state index contributed by atoms with van der Waals surface area (Å²) in [6.07, 6.45) is 0. The highest BCUT2D eigenvalue weighted by Gasteiger charge is 2.15. The summed E-state index contributed by atoms with van der Waals surface area (Å²) >= 11 is 0. The molecule has 1 unspecified atom stereocenters. The van der Waals surface area contributed by atoms with Crippen molar-refractivity contribution in [3.8, 4) is 0 Å². The molecule has 17 heavy (non-hydrogen) atoms. The van der Waals surface area contributed by atoms with E-state index in [-0.39, 0.29) is 11.5 Å². The Morgan fingerprint density at radius 2 is 1.65 bits per heavy atom. The van der Waals surface area contributed by atoms with Gasteiger partial charge in [0.25, 0.3) is 0 Å². The van der Waals surface area contributed by atoms with Crippen LogP contribution in [0.3, 0.4) is 0 Å². The maximum atomic E-state index is 5.81. The highest BCUT2D eigenvalue weighted by molar-refractivity contribution is 5.29. The lowest BCUT2D eigenvalue weighted by Crippen LogP contribution is -2.33. The first-order valence-corrected chi connectivity index (χ1v) is 6.41. The first-order chi connectivity index (χ1) is 7.84. The van der Waals surface area contributed by atoms with Crippen molar-refractivity contribution in [1.29, 1.82) is 0 Å². The van der Waals surface area contributed by atoms with Gasteiger partial charge in [-0.25, -0.2) is 0 Å². The largest absolute Gasteiger partial charge is 0.329 e. The standard InChI is InChI=1S/C15H26N2/c1-11(2)17-14(10-16)12-6-8-13(9-7-12)15(3,4)5/h6-9,11,14,17H,10,16H2,1-5H3. The van der Waals surface area contributed by atoms with E-state index in [1.807, 2.05) is 0 Å². The van der Waals surface area contributed by atoms with Crippen LogP contribution >= 0.6 is 0 Å². The zero-order valence-corrected chi connectivity index (χ0v) is 11.7. The molecule has 2 heteroatoms. The fraction of sp³-hybridized carbons (Fsp3) is 0.600. The summed E-state index contributed by atoms with van der Waals surface area (Å²) < 4.78 is 0. The number of nitrogens with one attached hydrogen (secondary N) is 1. The van der Waals surface area contributed by atoms with E-state index in [9.17, 15) is 0 Å². The SMILES string of the molecule is CC(C)NC(CN)c1ccc(C(C)(C)C)cc1. The highest BCUT2D eigenvalue weighted by atomic mass is 15.0. The van der Waals surface area contributed by atoms with Gasteiger partial charge in [-0.15, -0.1) is 0 Å². The van der Waals surface area contributed by atoms with Gasteiger partial charge in [-0.1, -0.05) is 58.9 Å². The number of rotatable bonds is 4. The van der Waals surface area contributed by atoms with Gasteiger partial charge in [0.2, 0.25) is 0 Å². The fourth-order valence-electron chi connectivity index (χ4n) is 1.92. The lowest BCUT2D eigenvalue weighted by Gasteiger charge is -2.23. The Balaban J connectivity index is 2.85. The average molecular weight is 234 g/mol. The zero-order valence-electron chi connectivity index (χ0n) is 11.7. The summed E-state index contributed by atoms with van der Waals surface area (Å²) in [5, 5.41) is 3.48. The molecule has 0 heterocycles. The summed E-state index contributed by atoms with van der Waals surface area (Å²) in [6, 6.07) is 9.50. The Hall–Kier alpha value is -0.860. The first kappa shape index (κ1) is 14.2. The molecule has 0 amide bonds. The van der Waals surface area contributed by atoms with Crippen LogP contribution in [0.1, 0.15) is 51.8 Å². The Bertz CT molecular complexity index is 333. The molecule has 3 N–H and O–H groups in total. The monoisotopic (exact) mass is 234 g/mol. The van der Waals surface area contributed by atoms with Crippen LogP contribution < -0.4 is 11.1 Å². The van der Waals surface area contributed by atoms with Crippen molar-refractivity contribution >= 4 is 0 Å². The smallest absolute Gasteiger partial charge is 0.0446 e. The van der Waals surface area contributed by atoms with E-state index in [4.69, 9.17) is 5.73 Å². The Labute approximate surface area is 106 Å². The molecule has 0 spiro atoms. The number of hydrogen-bond donors (Lipinski definition) is 2. The maximum Gasteiger partial charge on any atom is 0.0446 e. The maximum absolute atomic E-state index is 5.81. The van der Waals surface area contributed by atoms with Crippen LogP contribution in [0, 0.1) is 0 Å². The normalized spacial score (nSPS) is 14.1. The van der Waals surface area contributed by atoms with Crippen molar-refractivity contribution in [2.45, 2.75) is 52.1 Å². The lowest BCUT2D eigenvalue weighted by atomic mass is 9.86. The molecule has 1 atom stereocenters. The highest BCUT2D eigenvalue weighted by Crippen LogP contribution is 2.23. The first-order valence-electron chi connectivity index (χ1n) is 6.41. The van der Waals surface area contributed by atoms with Crippen LogP contribution in [-0.2, 0) is 5.41 Å². The van der Waals surface area contributed by atoms with Gasteiger partial charge in [0, 0.05) is 18.6 Å². The van der Waals surface area contributed by atoms with Crippen LogP contribution in [0.2, 0.25) is 0 Å². The molecule has 1 aromatic rings. The van der Waals surface area contributed by atoms with Crippen molar-refractivity contribution in [2.75, 3.05) is 6.54 Å². The van der Waals surface area contributed by atoms with Gasteiger partial charge >= 0.3 is 0 Å². The molecule has 2 nitrogen and oxygen atoms in total. The molecule has 96 valence electrons. The van der Waals surface area contributed by atoms with E-state index >= 15 is 0 Å². The molecular weight excluding hydrogens is 208 g/mol. The van der Waals surface area contributed by atoms with E-state index in [1.165, 1.54) is 11.1 Å². The van der Waals surface area contributed by atoms with Gasteiger partial charge in [0.15, 0.2) is 0 Å². The van der Waals surface area contributed by atoms with E-state index in [0.29, 0.717) is 12.6 Å². The van der Waals surface area contributed by atoms with Crippen molar-refractivity contribution < 1.29 is 0 Å². The quantitative estimate of drug-likeness (QED) is 0.840. The molecule has 0 fully saturated rings. The topological polar surface area (TPSA) is 38.0 Å². The molecule has 1 aromatic carbocycles. The minimum Gasteiger partial charge on any atom is -0.329 e. The third-order valence-corrected chi connectivity index (χ3v) is 2.95. The molecule has 1 rings (SSSR count). The van der Waals surface area contributed by atoms with E-state index in [1.54, 1.807) is 0 Å². The number of benzene rings is 1. The van der Waals surface area contributed by atoms with Crippen LogP contribution in [0.5, 0.6) is 0 Å². The molecule has 0 aliphatic rings. The average Bonchev–Trinajstić information content (AvgIpc) is 2.24. The number of hydrogen-bond acceptors (Lipinski definition) is 2. The number of nitrogens with two attached hydrogens (primary N) is 1. The van der Waals surface area contributed by atoms with Gasteiger partial charge in [0.05, 0.1) is 0 Å². The molecule has 0 saturated carbocycles. The second kappa shape index (κ2) is 5.65. The van der Waals surface area contributed by atoms with Gasteiger partial charge in [-0.05, 0) is 16.5 Å².